The summed E-state index contributed by atoms with van der Waals surface area (Å²) in [6.45, 7) is 3.73. The van der Waals surface area contributed by atoms with Crippen LogP contribution in [0, 0.1) is 11.7 Å². The average Bonchev–Trinajstić information content (AvgIpc) is 2.48. The molecule has 0 fully saturated rings. The molecule has 1 unspecified atom stereocenters. The van der Waals surface area contributed by atoms with Crippen molar-refractivity contribution in [2.24, 2.45) is 5.92 Å². The highest BCUT2D eigenvalue weighted by Gasteiger charge is 2.22. The minimum Gasteiger partial charge on any atom is -0.480 e. The smallest absolute Gasteiger partial charge is 0.326 e. The molecule has 0 saturated heterocycles. The summed E-state index contributed by atoms with van der Waals surface area (Å²) in [7, 11) is 0. The van der Waals surface area contributed by atoms with Gasteiger partial charge in [0.05, 0.1) is 0 Å². The Balaban J connectivity index is 2.48. The minimum absolute atomic E-state index is 0.264. The summed E-state index contributed by atoms with van der Waals surface area (Å²) >= 11 is 0. The van der Waals surface area contributed by atoms with Crippen LogP contribution in [0.25, 0.3) is 0 Å². The van der Waals surface area contributed by atoms with E-state index in [1.807, 2.05) is 13.0 Å². The summed E-state index contributed by atoms with van der Waals surface area (Å²) in [5.41, 5.74) is 0.834. The molecule has 0 aromatic heterocycles. The van der Waals surface area contributed by atoms with E-state index in [0.29, 0.717) is 19.3 Å². The van der Waals surface area contributed by atoms with Gasteiger partial charge in [0.2, 0.25) is 5.91 Å². The van der Waals surface area contributed by atoms with Crippen molar-refractivity contribution in [3.63, 3.8) is 0 Å². The maximum atomic E-state index is 13.1. The van der Waals surface area contributed by atoms with Gasteiger partial charge in [-0.3, -0.25) is 4.79 Å². The molecule has 1 rings (SSSR count). The minimum atomic E-state index is -1.00. The van der Waals surface area contributed by atoms with Crippen LogP contribution in [0.1, 0.15) is 45.1 Å². The molecule has 0 bridgehead atoms. The Labute approximate surface area is 130 Å². The molecule has 2 N–H and O–H groups in total. The van der Waals surface area contributed by atoms with E-state index in [0.717, 1.165) is 18.4 Å². The number of unbranched alkanes of at least 4 members (excludes halogenated alkanes) is 1. The van der Waals surface area contributed by atoms with Gasteiger partial charge in [-0.2, -0.15) is 0 Å². The molecule has 0 aliphatic carbocycles. The number of amides is 1. The first-order valence-electron chi connectivity index (χ1n) is 7.71. The van der Waals surface area contributed by atoms with E-state index >= 15 is 0 Å². The van der Waals surface area contributed by atoms with Crippen LogP contribution < -0.4 is 5.32 Å². The van der Waals surface area contributed by atoms with Gasteiger partial charge >= 0.3 is 5.97 Å². The summed E-state index contributed by atoms with van der Waals surface area (Å²) < 4.78 is 13.1. The molecule has 0 aliphatic heterocycles. The van der Waals surface area contributed by atoms with Gasteiger partial charge in [0.25, 0.3) is 0 Å². The fourth-order valence-corrected chi connectivity index (χ4v) is 2.19. The van der Waals surface area contributed by atoms with Crippen molar-refractivity contribution < 1.29 is 19.1 Å². The van der Waals surface area contributed by atoms with Crippen molar-refractivity contribution in [2.75, 3.05) is 0 Å². The third kappa shape index (κ3) is 6.24. The zero-order valence-corrected chi connectivity index (χ0v) is 13.1. The van der Waals surface area contributed by atoms with Crippen molar-refractivity contribution in [1.29, 1.82) is 0 Å². The second kappa shape index (κ2) is 9.18. The summed E-state index contributed by atoms with van der Waals surface area (Å²) in [6, 6.07) is 5.45. The molecule has 1 aromatic rings. The maximum absolute atomic E-state index is 13.1. The highest BCUT2D eigenvalue weighted by molar-refractivity contribution is 5.84. The summed E-state index contributed by atoms with van der Waals surface area (Å²) in [5, 5.41) is 11.7. The van der Waals surface area contributed by atoms with Crippen LogP contribution in [-0.4, -0.2) is 23.0 Å². The molecular formula is C17H24FNO3. The van der Waals surface area contributed by atoms with Crippen LogP contribution in [0.2, 0.25) is 0 Å². The second-order valence-electron chi connectivity index (χ2n) is 5.61. The molecule has 0 aliphatic rings. The van der Waals surface area contributed by atoms with Gasteiger partial charge < -0.3 is 10.4 Å². The Morgan fingerprint density at radius 1 is 1.32 bits per heavy atom. The number of carboxylic acid groups (broad SMARTS) is 1. The standard InChI is InChI=1S/C17H24FNO3/c1-3-4-8-15(17(21)22)19-16(20)12(2)9-10-13-6-5-7-14(18)11-13/h5-7,11-12,15H,3-4,8-10H2,1-2H3,(H,19,20)(H,21,22)/t12?,15-/m0/s1. The van der Waals surface area contributed by atoms with Crippen molar-refractivity contribution in [2.45, 2.75) is 52.0 Å². The first kappa shape index (κ1) is 18.1. The summed E-state index contributed by atoms with van der Waals surface area (Å²) in [5.74, 6) is -1.87. The molecule has 0 radical (unpaired) electrons. The van der Waals surface area contributed by atoms with Crippen molar-refractivity contribution in [1.82, 2.24) is 5.32 Å². The molecule has 0 spiro atoms. The first-order chi connectivity index (χ1) is 10.4. The summed E-state index contributed by atoms with van der Waals surface area (Å²) in [6.07, 6.45) is 3.21. The van der Waals surface area contributed by atoms with Gasteiger partial charge in [-0.15, -0.1) is 0 Å². The van der Waals surface area contributed by atoms with Crippen LogP contribution in [0.5, 0.6) is 0 Å². The number of nitrogens with one attached hydrogen (secondary N) is 1. The fraction of sp³-hybridized carbons (Fsp3) is 0.529. The van der Waals surface area contributed by atoms with Gasteiger partial charge in [0, 0.05) is 5.92 Å². The quantitative estimate of drug-likeness (QED) is 0.736. The Kier molecular flexibility index (Phi) is 7.57. The molecule has 5 heteroatoms. The highest BCUT2D eigenvalue weighted by atomic mass is 19.1. The van der Waals surface area contributed by atoms with E-state index in [1.165, 1.54) is 12.1 Å². The lowest BCUT2D eigenvalue weighted by Crippen LogP contribution is -2.43. The van der Waals surface area contributed by atoms with Crippen LogP contribution >= 0.6 is 0 Å². The van der Waals surface area contributed by atoms with Gasteiger partial charge in [-0.05, 0) is 37.0 Å². The lowest BCUT2D eigenvalue weighted by molar-refractivity contribution is -0.142. The normalized spacial score (nSPS) is 13.4. The summed E-state index contributed by atoms with van der Waals surface area (Å²) in [4.78, 5) is 23.2. The SMILES string of the molecule is CCCC[C@H](NC(=O)C(C)CCc1cccc(F)c1)C(=O)O. The molecule has 2 atom stereocenters. The van der Waals surface area contributed by atoms with Gasteiger partial charge in [-0.1, -0.05) is 38.8 Å². The van der Waals surface area contributed by atoms with Gasteiger partial charge in [0.1, 0.15) is 11.9 Å². The number of halogens is 1. The molecule has 22 heavy (non-hydrogen) atoms. The average molecular weight is 309 g/mol. The Morgan fingerprint density at radius 2 is 2.05 bits per heavy atom. The molecule has 0 saturated carbocycles. The van der Waals surface area contributed by atoms with Crippen LogP contribution in [0.15, 0.2) is 24.3 Å². The van der Waals surface area contributed by atoms with Crippen LogP contribution in [0.4, 0.5) is 4.39 Å². The number of hydrogen-bond acceptors (Lipinski definition) is 2. The lowest BCUT2D eigenvalue weighted by Gasteiger charge is -2.17. The van der Waals surface area contributed by atoms with Gasteiger partial charge in [-0.25, -0.2) is 9.18 Å². The number of aryl methyl sites for hydroxylation is 1. The Hall–Kier alpha value is -1.91. The molecule has 1 aromatic carbocycles. The Bertz CT molecular complexity index is 504. The third-order valence-corrected chi connectivity index (χ3v) is 3.66. The van der Waals surface area contributed by atoms with Crippen molar-refractivity contribution in [3.8, 4) is 0 Å². The predicted octanol–water partition coefficient (Wildman–Crippen LogP) is 3.15. The second-order valence-corrected chi connectivity index (χ2v) is 5.61. The molecule has 4 nitrogen and oxygen atoms in total. The zero-order chi connectivity index (χ0) is 16.5. The number of carbonyl (C=O) groups excluding carboxylic acids is 1. The zero-order valence-electron chi connectivity index (χ0n) is 13.1. The van der Waals surface area contributed by atoms with Gasteiger partial charge in [0.15, 0.2) is 0 Å². The highest BCUT2D eigenvalue weighted by Crippen LogP contribution is 2.12. The largest absolute Gasteiger partial charge is 0.480 e. The molecule has 1 amide bonds. The van der Waals surface area contributed by atoms with E-state index in [1.54, 1.807) is 13.0 Å². The lowest BCUT2D eigenvalue weighted by atomic mass is 9.99. The predicted molar refractivity (Wildman–Crippen MR) is 83.0 cm³/mol. The number of carboxylic acids is 1. The van der Waals surface area contributed by atoms with E-state index < -0.39 is 12.0 Å². The molecular weight excluding hydrogens is 285 g/mol. The van der Waals surface area contributed by atoms with E-state index in [9.17, 15) is 14.0 Å². The number of aliphatic carboxylic acids is 1. The maximum Gasteiger partial charge on any atom is 0.326 e. The van der Waals surface area contributed by atoms with E-state index in [-0.39, 0.29) is 17.6 Å². The number of benzene rings is 1. The number of carbonyl (C=O) groups is 2. The Morgan fingerprint density at radius 3 is 2.64 bits per heavy atom. The monoisotopic (exact) mass is 309 g/mol. The third-order valence-electron chi connectivity index (χ3n) is 3.66. The van der Waals surface area contributed by atoms with E-state index in [4.69, 9.17) is 5.11 Å². The molecule has 0 heterocycles. The fourth-order valence-electron chi connectivity index (χ4n) is 2.19. The number of hydrogen-bond donors (Lipinski definition) is 2. The van der Waals surface area contributed by atoms with Crippen molar-refractivity contribution in [3.05, 3.63) is 35.6 Å². The molecule has 122 valence electrons. The van der Waals surface area contributed by atoms with Crippen LogP contribution in [0.3, 0.4) is 0 Å². The van der Waals surface area contributed by atoms with E-state index in [2.05, 4.69) is 5.32 Å². The topological polar surface area (TPSA) is 66.4 Å². The van der Waals surface area contributed by atoms with Crippen LogP contribution in [-0.2, 0) is 16.0 Å². The first-order valence-corrected chi connectivity index (χ1v) is 7.71. The van der Waals surface area contributed by atoms with Crippen molar-refractivity contribution >= 4 is 11.9 Å². The number of rotatable bonds is 9.